The molecule has 0 unspecified atom stereocenters. The highest BCUT2D eigenvalue weighted by Gasteiger charge is 2.15. The van der Waals surface area contributed by atoms with Gasteiger partial charge in [0.15, 0.2) is 5.82 Å². The Labute approximate surface area is 153 Å². The van der Waals surface area contributed by atoms with Gasteiger partial charge < -0.3 is 4.74 Å². The Morgan fingerprint density at radius 1 is 1.19 bits per heavy atom. The van der Waals surface area contributed by atoms with Crippen molar-refractivity contribution in [1.29, 1.82) is 0 Å². The number of carbonyl (C=O) groups excluding carboxylic acids is 1. The highest BCUT2D eigenvalue weighted by atomic mass is 16.5. The summed E-state index contributed by atoms with van der Waals surface area (Å²) in [6.45, 7) is 10.3. The summed E-state index contributed by atoms with van der Waals surface area (Å²) in [5.41, 5.74) is 3.93. The molecule has 26 heavy (non-hydrogen) atoms. The molecule has 3 rings (SSSR count). The number of carbonyl (C=O) groups is 1. The minimum Gasteiger partial charge on any atom is -0.449 e. The third kappa shape index (κ3) is 3.69. The van der Waals surface area contributed by atoms with Crippen LogP contribution < -0.4 is 5.32 Å². The molecule has 2 heterocycles. The number of hydrogen-bond acceptors (Lipinski definition) is 4. The molecule has 3 aromatic rings. The van der Waals surface area contributed by atoms with Gasteiger partial charge in [0.1, 0.15) is 5.82 Å². The Bertz CT molecular complexity index is 960. The van der Waals surface area contributed by atoms with Crippen molar-refractivity contribution in [2.24, 2.45) is 5.92 Å². The lowest BCUT2D eigenvalue weighted by Crippen LogP contribution is -2.19. The van der Waals surface area contributed by atoms with Gasteiger partial charge in [0.05, 0.1) is 17.8 Å². The van der Waals surface area contributed by atoms with Crippen molar-refractivity contribution in [2.75, 3.05) is 11.9 Å². The first-order valence-corrected chi connectivity index (χ1v) is 8.73. The van der Waals surface area contributed by atoms with Gasteiger partial charge in [0.2, 0.25) is 0 Å². The number of hydrogen-bond donors (Lipinski definition) is 1. The van der Waals surface area contributed by atoms with Crippen LogP contribution in [0.4, 0.5) is 10.6 Å². The van der Waals surface area contributed by atoms with Crippen molar-refractivity contribution in [2.45, 2.75) is 34.6 Å². The second kappa shape index (κ2) is 7.15. The van der Waals surface area contributed by atoms with Gasteiger partial charge in [-0.25, -0.2) is 9.78 Å². The molecule has 0 bridgehead atoms. The van der Waals surface area contributed by atoms with Gasteiger partial charge in [-0.15, -0.1) is 0 Å². The fraction of sp³-hybridized carbons (Fsp3) is 0.350. The molecule has 0 saturated carbocycles. The Morgan fingerprint density at radius 2 is 1.96 bits per heavy atom. The molecule has 0 fully saturated rings. The molecule has 1 aromatic carbocycles. The summed E-state index contributed by atoms with van der Waals surface area (Å²) in [4.78, 5) is 16.8. The third-order valence-electron chi connectivity index (χ3n) is 4.06. The normalized spacial score (nSPS) is 11.2. The average Bonchev–Trinajstić information content (AvgIpc) is 2.94. The maximum Gasteiger partial charge on any atom is 0.412 e. The minimum absolute atomic E-state index is 0.278. The highest BCUT2D eigenvalue weighted by molar-refractivity contribution is 5.86. The van der Waals surface area contributed by atoms with Gasteiger partial charge >= 0.3 is 6.09 Å². The molecule has 0 radical (unpaired) electrons. The molecular formula is C20H24N4O2. The molecule has 0 saturated heterocycles. The molecule has 0 spiro atoms. The maximum absolute atomic E-state index is 12.0. The highest BCUT2D eigenvalue weighted by Crippen LogP contribution is 2.24. The number of ether oxygens (including phenoxy) is 1. The summed E-state index contributed by atoms with van der Waals surface area (Å²) in [6.07, 6.45) is -0.492. The topological polar surface area (TPSA) is 69.0 Å². The molecule has 0 atom stereocenters. The molecular weight excluding hydrogens is 328 g/mol. The minimum atomic E-state index is -0.492. The van der Waals surface area contributed by atoms with Crippen molar-refractivity contribution < 1.29 is 9.53 Å². The number of pyridine rings is 1. The molecule has 1 amide bonds. The Hall–Kier alpha value is -2.89. The number of nitrogens with one attached hydrogen (secondary N) is 1. The SMILES string of the molecule is Cc1cc(NC(=O)OCC(C)C)n(-c2cc(C)c3cccc(C)c3n2)n1. The van der Waals surface area contributed by atoms with Gasteiger partial charge in [-0.1, -0.05) is 32.0 Å². The van der Waals surface area contributed by atoms with Crippen molar-refractivity contribution in [3.63, 3.8) is 0 Å². The van der Waals surface area contributed by atoms with Gasteiger partial charge in [-0.3, -0.25) is 5.32 Å². The molecule has 2 aromatic heterocycles. The van der Waals surface area contributed by atoms with Gasteiger partial charge in [0, 0.05) is 11.5 Å². The zero-order valence-corrected chi connectivity index (χ0v) is 15.8. The predicted molar refractivity (Wildman–Crippen MR) is 103 cm³/mol. The van der Waals surface area contributed by atoms with Gasteiger partial charge in [-0.05, 0) is 43.9 Å². The summed E-state index contributed by atoms with van der Waals surface area (Å²) >= 11 is 0. The number of aryl methyl sites for hydroxylation is 3. The van der Waals surface area contributed by atoms with Crippen LogP contribution in [0.25, 0.3) is 16.7 Å². The Kier molecular flexibility index (Phi) is 4.93. The van der Waals surface area contributed by atoms with E-state index in [2.05, 4.69) is 16.5 Å². The second-order valence-corrected chi connectivity index (χ2v) is 6.97. The van der Waals surface area contributed by atoms with Gasteiger partial charge in [-0.2, -0.15) is 9.78 Å². The standard InChI is InChI=1S/C20H24N4O2/c1-12(2)11-26-20(25)22-18-10-15(5)23-24(18)17-9-14(4)16-8-6-7-13(3)19(16)21-17/h6-10,12H,11H2,1-5H3,(H,22,25). The number of amides is 1. The average molecular weight is 352 g/mol. The van der Waals surface area contributed by atoms with Crippen LogP contribution in [0.2, 0.25) is 0 Å². The first-order valence-electron chi connectivity index (χ1n) is 8.73. The number of anilines is 1. The van der Waals surface area contributed by atoms with E-state index in [0.717, 1.165) is 27.7 Å². The number of para-hydroxylation sites is 1. The lowest BCUT2D eigenvalue weighted by atomic mass is 10.1. The summed E-state index contributed by atoms with van der Waals surface area (Å²) in [5.74, 6) is 1.48. The smallest absolute Gasteiger partial charge is 0.412 e. The van der Waals surface area contributed by atoms with Crippen molar-refractivity contribution in [3.8, 4) is 5.82 Å². The lowest BCUT2D eigenvalue weighted by molar-refractivity contribution is 0.147. The van der Waals surface area contributed by atoms with Crippen LogP contribution in [0.5, 0.6) is 0 Å². The number of aromatic nitrogens is 3. The van der Waals surface area contributed by atoms with Crippen LogP contribution in [0.3, 0.4) is 0 Å². The summed E-state index contributed by atoms with van der Waals surface area (Å²) < 4.78 is 6.85. The summed E-state index contributed by atoms with van der Waals surface area (Å²) in [5, 5.41) is 8.37. The van der Waals surface area contributed by atoms with Crippen molar-refractivity contribution in [3.05, 3.63) is 47.2 Å². The molecule has 6 heteroatoms. The van der Waals surface area contributed by atoms with E-state index in [9.17, 15) is 4.79 Å². The van der Waals surface area contributed by atoms with E-state index >= 15 is 0 Å². The molecule has 6 nitrogen and oxygen atoms in total. The van der Waals surface area contributed by atoms with Crippen LogP contribution >= 0.6 is 0 Å². The zero-order valence-electron chi connectivity index (χ0n) is 15.8. The largest absolute Gasteiger partial charge is 0.449 e. The van der Waals surface area contributed by atoms with E-state index < -0.39 is 6.09 Å². The zero-order chi connectivity index (χ0) is 18.8. The number of nitrogens with zero attached hydrogens (tertiary/aromatic N) is 3. The van der Waals surface area contributed by atoms with Crippen LogP contribution in [0.15, 0.2) is 30.3 Å². The molecule has 0 aliphatic heterocycles. The molecule has 136 valence electrons. The second-order valence-electron chi connectivity index (χ2n) is 6.97. The monoisotopic (exact) mass is 352 g/mol. The van der Waals surface area contributed by atoms with E-state index in [1.165, 1.54) is 0 Å². The molecule has 0 aliphatic rings. The van der Waals surface area contributed by atoms with E-state index in [1.54, 1.807) is 10.7 Å². The van der Waals surface area contributed by atoms with Crippen LogP contribution in [-0.4, -0.2) is 27.5 Å². The van der Waals surface area contributed by atoms with E-state index in [-0.39, 0.29) is 5.92 Å². The summed E-state index contributed by atoms with van der Waals surface area (Å²) in [7, 11) is 0. The van der Waals surface area contributed by atoms with Crippen LogP contribution in [0.1, 0.15) is 30.7 Å². The summed E-state index contributed by atoms with van der Waals surface area (Å²) in [6, 6.07) is 9.90. The maximum atomic E-state index is 12.0. The number of rotatable bonds is 4. The molecule has 1 N–H and O–H groups in total. The van der Waals surface area contributed by atoms with Gasteiger partial charge in [0.25, 0.3) is 0 Å². The van der Waals surface area contributed by atoms with Crippen molar-refractivity contribution >= 4 is 22.8 Å². The Morgan fingerprint density at radius 3 is 2.69 bits per heavy atom. The predicted octanol–water partition coefficient (Wildman–Crippen LogP) is 4.55. The van der Waals surface area contributed by atoms with E-state index in [1.807, 2.05) is 52.8 Å². The fourth-order valence-electron chi connectivity index (χ4n) is 2.80. The van der Waals surface area contributed by atoms with Crippen LogP contribution in [-0.2, 0) is 4.74 Å². The number of benzene rings is 1. The van der Waals surface area contributed by atoms with Crippen LogP contribution in [0, 0.1) is 26.7 Å². The third-order valence-corrected chi connectivity index (χ3v) is 4.06. The fourth-order valence-corrected chi connectivity index (χ4v) is 2.80. The first kappa shape index (κ1) is 17.9. The van der Waals surface area contributed by atoms with E-state index in [0.29, 0.717) is 18.2 Å². The van der Waals surface area contributed by atoms with E-state index in [4.69, 9.17) is 9.72 Å². The molecule has 0 aliphatic carbocycles. The quantitative estimate of drug-likeness (QED) is 0.748. The van der Waals surface area contributed by atoms with Crippen molar-refractivity contribution in [1.82, 2.24) is 14.8 Å². The number of fused-ring (bicyclic) bond motifs is 1. The lowest BCUT2D eigenvalue weighted by Gasteiger charge is -2.12. The first-order chi connectivity index (χ1) is 12.3. The Balaban J connectivity index is 1.99.